The molecule has 1 aliphatic heterocycles. The van der Waals surface area contributed by atoms with Crippen molar-refractivity contribution in [3.63, 3.8) is 0 Å². The molecule has 0 bridgehead atoms. The number of methoxy groups -OCH3 is 1. The normalized spacial score (nSPS) is 31.8. The zero-order valence-electron chi connectivity index (χ0n) is 12.8. The van der Waals surface area contributed by atoms with Gasteiger partial charge in [-0.25, -0.2) is 4.39 Å². The van der Waals surface area contributed by atoms with E-state index >= 15 is 0 Å². The zero-order valence-corrected chi connectivity index (χ0v) is 12.8. The predicted octanol–water partition coefficient (Wildman–Crippen LogP) is 3.59. The van der Waals surface area contributed by atoms with Crippen LogP contribution in [0.25, 0.3) is 0 Å². The van der Waals surface area contributed by atoms with Gasteiger partial charge in [0.1, 0.15) is 17.2 Å². The van der Waals surface area contributed by atoms with Crippen molar-refractivity contribution >= 4 is 0 Å². The molecule has 1 N–H and O–H groups in total. The Morgan fingerprint density at radius 3 is 3.05 bits per heavy atom. The summed E-state index contributed by atoms with van der Waals surface area (Å²) in [6.45, 7) is 2.95. The molecule has 21 heavy (non-hydrogen) atoms. The third kappa shape index (κ3) is 2.92. The summed E-state index contributed by atoms with van der Waals surface area (Å²) in [5.41, 5.74) is 0.776. The van der Waals surface area contributed by atoms with Crippen molar-refractivity contribution in [1.29, 1.82) is 0 Å². The molecule has 1 heterocycles. The van der Waals surface area contributed by atoms with Crippen LogP contribution >= 0.6 is 0 Å². The van der Waals surface area contributed by atoms with E-state index in [0.29, 0.717) is 0 Å². The molecule has 1 fully saturated rings. The Balaban J connectivity index is 1.91. The highest BCUT2D eigenvalue weighted by Crippen LogP contribution is 2.46. The third-order valence-corrected chi connectivity index (χ3v) is 4.79. The molecule has 0 aromatic heterocycles. The molecule has 3 unspecified atom stereocenters. The number of hydrogen-bond acceptors (Lipinski definition) is 3. The fraction of sp³-hybridized carbons (Fsp3) is 0.647. The Morgan fingerprint density at radius 1 is 1.43 bits per heavy atom. The van der Waals surface area contributed by atoms with E-state index in [0.717, 1.165) is 50.0 Å². The van der Waals surface area contributed by atoms with E-state index in [1.807, 2.05) is 0 Å². The van der Waals surface area contributed by atoms with E-state index in [-0.39, 0.29) is 23.6 Å². The molecule has 3 rings (SSSR count). The lowest BCUT2D eigenvalue weighted by molar-refractivity contribution is -0.0602. The van der Waals surface area contributed by atoms with Crippen molar-refractivity contribution in [2.45, 2.75) is 56.8 Å². The first kappa shape index (κ1) is 14.8. The number of nitrogens with one attached hydrogen (secondary N) is 1. The maximum absolute atomic E-state index is 13.6. The van der Waals surface area contributed by atoms with Gasteiger partial charge in [-0.05, 0) is 44.0 Å². The maximum atomic E-state index is 13.6. The van der Waals surface area contributed by atoms with Crippen LogP contribution in [0.3, 0.4) is 0 Å². The first-order valence-corrected chi connectivity index (χ1v) is 7.90. The largest absolute Gasteiger partial charge is 0.487 e. The lowest BCUT2D eigenvalue weighted by Crippen LogP contribution is -2.48. The van der Waals surface area contributed by atoms with E-state index in [9.17, 15) is 4.39 Å². The lowest BCUT2D eigenvalue weighted by Gasteiger charge is -2.46. The van der Waals surface area contributed by atoms with Crippen molar-refractivity contribution in [1.82, 2.24) is 5.32 Å². The minimum absolute atomic E-state index is 0.157. The summed E-state index contributed by atoms with van der Waals surface area (Å²) < 4.78 is 25.5. The molecule has 1 saturated carbocycles. The number of halogens is 1. The Kier molecular flexibility index (Phi) is 4.18. The first-order chi connectivity index (χ1) is 10.2. The summed E-state index contributed by atoms with van der Waals surface area (Å²) in [6.07, 6.45) is 5.34. The first-order valence-electron chi connectivity index (χ1n) is 7.90. The molecule has 1 aliphatic carbocycles. The summed E-state index contributed by atoms with van der Waals surface area (Å²) in [5, 5.41) is 3.48. The predicted molar refractivity (Wildman–Crippen MR) is 80.1 cm³/mol. The highest BCUT2D eigenvalue weighted by Gasteiger charge is 2.44. The second-order valence-corrected chi connectivity index (χ2v) is 6.24. The zero-order chi connectivity index (χ0) is 14.9. The van der Waals surface area contributed by atoms with Crippen molar-refractivity contribution < 1.29 is 13.9 Å². The van der Waals surface area contributed by atoms with Gasteiger partial charge >= 0.3 is 0 Å². The van der Waals surface area contributed by atoms with Crippen molar-refractivity contribution in [3.05, 3.63) is 29.6 Å². The third-order valence-electron chi connectivity index (χ3n) is 4.79. The van der Waals surface area contributed by atoms with Gasteiger partial charge in [-0.2, -0.15) is 0 Å². The molecule has 0 amide bonds. The van der Waals surface area contributed by atoms with Crippen LogP contribution < -0.4 is 10.1 Å². The molecule has 116 valence electrons. The van der Waals surface area contributed by atoms with Crippen molar-refractivity contribution in [2.24, 2.45) is 0 Å². The second kappa shape index (κ2) is 5.93. The van der Waals surface area contributed by atoms with E-state index in [2.05, 4.69) is 12.2 Å². The summed E-state index contributed by atoms with van der Waals surface area (Å²) >= 11 is 0. The van der Waals surface area contributed by atoms with Gasteiger partial charge in [-0.1, -0.05) is 6.92 Å². The van der Waals surface area contributed by atoms with Crippen LogP contribution in [0.1, 0.15) is 50.6 Å². The van der Waals surface area contributed by atoms with Gasteiger partial charge in [-0.15, -0.1) is 0 Å². The lowest BCUT2D eigenvalue weighted by atomic mass is 9.76. The van der Waals surface area contributed by atoms with E-state index in [4.69, 9.17) is 9.47 Å². The molecule has 1 aromatic carbocycles. The summed E-state index contributed by atoms with van der Waals surface area (Å²) in [5.74, 6) is 0.625. The van der Waals surface area contributed by atoms with Crippen LogP contribution in [0, 0.1) is 5.82 Å². The van der Waals surface area contributed by atoms with Gasteiger partial charge in [0, 0.05) is 31.6 Å². The number of hydrogen-bond donors (Lipinski definition) is 1. The average Bonchev–Trinajstić information content (AvgIpc) is 2.48. The van der Waals surface area contributed by atoms with Gasteiger partial charge < -0.3 is 14.8 Å². The topological polar surface area (TPSA) is 30.5 Å². The van der Waals surface area contributed by atoms with Crippen LogP contribution in [0.15, 0.2) is 18.2 Å². The molecule has 1 aromatic rings. The molecule has 2 aliphatic rings. The van der Waals surface area contributed by atoms with Crippen LogP contribution in [0.2, 0.25) is 0 Å². The molecule has 4 heteroatoms. The monoisotopic (exact) mass is 293 g/mol. The molecular weight excluding hydrogens is 269 g/mol. The van der Waals surface area contributed by atoms with Crippen LogP contribution in [0.4, 0.5) is 4.39 Å². The SMILES string of the molecule is CCNC1CC2(CCCC(OC)C2)Oc2ccc(F)cc21. The molecule has 1 spiro atoms. The minimum atomic E-state index is -0.199. The summed E-state index contributed by atoms with van der Waals surface area (Å²) in [6, 6.07) is 5.01. The average molecular weight is 293 g/mol. The number of benzene rings is 1. The summed E-state index contributed by atoms with van der Waals surface area (Å²) in [7, 11) is 1.78. The number of fused-ring (bicyclic) bond motifs is 1. The fourth-order valence-electron chi connectivity index (χ4n) is 3.82. The standard InChI is InChI=1S/C17H24FNO2/c1-3-19-15-11-17(8-4-5-13(10-17)20-2)21-16-7-6-12(18)9-14(15)16/h6-7,9,13,15,19H,3-5,8,10-11H2,1-2H3. The summed E-state index contributed by atoms with van der Waals surface area (Å²) in [4.78, 5) is 0. The Hall–Kier alpha value is -1.13. The second-order valence-electron chi connectivity index (χ2n) is 6.24. The number of ether oxygens (including phenoxy) is 2. The van der Waals surface area contributed by atoms with E-state index in [1.54, 1.807) is 19.2 Å². The highest BCUT2D eigenvalue weighted by atomic mass is 19.1. The van der Waals surface area contributed by atoms with Gasteiger partial charge in [0.2, 0.25) is 0 Å². The molecule has 0 radical (unpaired) electrons. The molecule has 3 atom stereocenters. The smallest absolute Gasteiger partial charge is 0.125 e. The number of rotatable bonds is 3. The molecule has 0 saturated heterocycles. The Labute approximate surface area is 125 Å². The Morgan fingerprint density at radius 2 is 2.29 bits per heavy atom. The van der Waals surface area contributed by atoms with Gasteiger partial charge in [0.05, 0.1) is 6.10 Å². The van der Waals surface area contributed by atoms with Crippen molar-refractivity contribution in [3.8, 4) is 5.75 Å². The van der Waals surface area contributed by atoms with Gasteiger partial charge in [-0.3, -0.25) is 0 Å². The van der Waals surface area contributed by atoms with Gasteiger partial charge in [0.15, 0.2) is 0 Å². The molecular formula is C17H24FNO2. The van der Waals surface area contributed by atoms with Crippen LogP contribution in [-0.2, 0) is 4.74 Å². The fourth-order valence-corrected chi connectivity index (χ4v) is 3.82. The highest BCUT2D eigenvalue weighted by molar-refractivity contribution is 5.39. The van der Waals surface area contributed by atoms with E-state index in [1.165, 1.54) is 6.07 Å². The van der Waals surface area contributed by atoms with Crippen molar-refractivity contribution in [2.75, 3.05) is 13.7 Å². The molecule has 3 nitrogen and oxygen atoms in total. The minimum Gasteiger partial charge on any atom is -0.487 e. The van der Waals surface area contributed by atoms with Crippen LogP contribution in [0.5, 0.6) is 5.75 Å². The Bertz CT molecular complexity index is 508. The van der Waals surface area contributed by atoms with E-state index < -0.39 is 0 Å². The van der Waals surface area contributed by atoms with Gasteiger partial charge in [0.25, 0.3) is 0 Å². The quantitative estimate of drug-likeness (QED) is 0.924. The van der Waals surface area contributed by atoms with Crippen LogP contribution in [-0.4, -0.2) is 25.4 Å². The maximum Gasteiger partial charge on any atom is 0.125 e.